The van der Waals surface area contributed by atoms with Crippen LogP contribution in [0.1, 0.15) is 10.4 Å². The number of rotatable bonds is 9. The molecule has 3 rings (SSSR count). The Hall–Kier alpha value is -3.93. The Morgan fingerprint density at radius 1 is 1.03 bits per heavy atom. The zero-order chi connectivity index (χ0) is 22.2. The Morgan fingerprint density at radius 2 is 1.71 bits per heavy atom. The fraction of sp³-hybridized carbons (Fsp3) is 0.160. The van der Waals surface area contributed by atoms with Gasteiger partial charge in [0.1, 0.15) is 5.75 Å². The normalized spacial score (nSPS) is 10.4. The van der Waals surface area contributed by atoms with Crippen molar-refractivity contribution < 1.29 is 19.1 Å². The number of ether oxygens (including phenoxy) is 2. The fourth-order valence-corrected chi connectivity index (χ4v) is 3.14. The minimum Gasteiger partial charge on any atom is -0.497 e. The highest BCUT2D eigenvalue weighted by Crippen LogP contribution is 2.26. The van der Waals surface area contributed by atoms with E-state index in [0.717, 1.165) is 11.3 Å². The van der Waals surface area contributed by atoms with E-state index in [0.29, 0.717) is 35.2 Å². The van der Waals surface area contributed by atoms with Crippen molar-refractivity contribution in [3.05, 3.63) is 85.5 Å². The van der Waals surface area contributed by atoms with Crippen LogP contribution in [0.3, 0.4) is 0 Å². The third-order valence-electron chi connectivity index (χ3n) is 4.70. The van der Waals surface area contributed by atoms with Crippen LogP contribution in [0, 0.1) is 0 Å². The zero-order valence-corrected chi connectivity index (χ0v) is 17.4. The number of amides is 1. The number of nitrogens with zero attached hydrogens (tertiary/aromatic N) is 2. The van der Waals surface area contributed by atoms with E-state index in [-0.39, 0.29) is 12.5 Å². The molecule has 0 spiro atoms. The molecule has 31 heavy (non-hydrogen) atoms. The maximum absolute atomic E-state index is 12.9. The third kappa shape index (κ3) is 5.17. The molecule has 0 fully saturated rings. The van der Waals surface area contributed by atoms with E-state index in [4.69, 9.17) is 9.47 Å². The predicted octanol–water partition coefficient (Wildman–Crippen LogP) is 4.27. The van der Waals surface area contributed by atoms with Gasteiger partial charge in [-0.1, -0.05) is 30.4 Å². The molecule has 0 radical (unpaired) electrons. The molecule has 0 aliphatic carbocycles. The summed E-state index contributed by atoms with van der Waals surface area (Å²) in [7, 11) is 1.60. The topological polar surface area (TPSA) is 68.7 Å². The number of esters is 1. The maximum atomic E-state index is 12.9. The number of pyridine rings is 1. The number of para-hydroxylation sites is 1. The zero-order valence-electron chi connectivity index (χ0n) is 17.4. The summed E-state index contributed by atoms with van der Waals surface area (Å²) in [5.74, 6) is -0.174. The second kappa shape index (κ2) is 10.2. The van der Waals surface area contributed by atoms with Gasteiger partial charge in [-0.05, 0) is 36.4 Å². The first-order valence-electron chi connectivity index (χ1n) is 9.78. The number of carbonyl (C=O) groups is 2. The summed E-state index contributed by atoms with van der Waals surface area (Å²) < 4.78 is 10.6. The maximum Gasteiger partial charge on any atom is 0.339 e. The molecule has 0 aliphatic heterocycles. The first kappa shape index (κ1) is 21.8. The molecule has 6 heteroatoms. The quantitative estimate of drug-likeness (QED) is 0.385. The van der Waals surface area contributed by atoms with Crippen molar-refractivity contribution in [2.45, 2.75) is 0 Å². The Balaban J connectivity index is 1.89. The molecular weight excluding hydrogens is 392 g/mol. The largest absolute Gasteiger partial charge is 0.497 e. The van der Waals surface area contributed by atoms with Crippen LogP contribution >= 0.6 is 0 Å². The second-order valence-electron chi connectivity index (χ2n) is 6.75. The van der Waals surface area contributed by atoms with E-state index >= 15 is 0 Å². The van der Waals surface area contributed by atoms with Crippen molar-refractivity contribution in [1.29, 1.82) is 0 Å². The van der Waals surface area contributed by atoms with Crippen LogP contribution in [0.2, 0.25) is 0 Å². The number of fused-ring (bicyclic) bond motifs is 1. The van der Waals surface area contributed by atoms with E-state index < -0.39 is 5.97 Å². The van der Waals surface area contributed by atoms with Gasteiger partial charge in [0, 0.05) is 24.0 Å². The minimum atomic E-state index is -0.584. The summed E-state index contributed by atoms with van der Waals surface area (Å²) in [6.45, 7) is 7.61. The molecule has 0 N–H and O–H groups in total. The number of methoxy groups -OCH3 is 1. The van der Waals surface area contributed by atoms with Gasteiger partial charge in [-0.3, -0.25) is 4.79 Å². The molecule has 0 bridgehead atoms. The highest BCUT2D eigenvalue weighted by molar-refractivity contribution is 6.05. The summed E-state index contributed by atoms with van der Waals surface area (Å²) in [6, 6.07) is 16.4. The monoisotopic (exact) mass is 416 g/mol. The molecule has 1 aromatic heterocycles. The van der Waals surface area contributed by atoms with Gasteiger partial charge in [0.15, 0.2) is 6.61 Å². The molecule has 158 valence electrons. The van der Waals surface area contributed by atoms with Crippen LogP contribution in [0.4, 0.5) is 0 Å². The Bertz CT molecular complexity index is 1100. The van der Waals surface area contributed by atoms with Crippen molar-refractivity contribution in [3.8, 4) is 17.0 Å². The van der Waals surface area contributed by atoms with E-state index in [1.807, 2.05) is 42.5 Å². The molecule has 0 atom stereocenters. The lowest BCUT2D eigenvalue weighted by atomic mass is 10.0. The standard InChI is InChI=1S/C25H24N2O4/c1-4-14-27(15-5-2)24(28)17-31-25(29)21-16-23(18-10-12-19(30-3)13-11-18)26-22-9-7-6-8-20(21)22/h4-13,16H,1-2,14-15,17H2,3H3. The van der Waals surface area contributed by atoms with E-state index in [2.05, 4.69) is 18.1 Å². The fourth-order valence-electron chi connectivity index (χ4n) is 3.14. The molecule has 1 amide bonds. The van der Waals surface area contributed by atoms with Crippen LogP contribution < -0.4 is 4.74 Å². The van der Waals surface area contributed by atoms with Crippen molar-refractivity contribution in [1.82, 2.24) is 9.88 Å². The summed E-state index contributed by atoms with van der Waals surface area (Å²) in [4.78, 5) is 31.5. The van der Waals surface area contributed by atoms with Gasteiger partial charge in [-0.2, -0.15) is 0 Å². The second-order valence-corrected chi connectivity index (χ2v) is 6.75. The molecule has 0 unspecified atom stereocenters. The summed E-state index contributed by atoms with van der Waals surface area (Å²) in [6.07, 6.45) is 3.22. The van der Waals surface area contributed by atoms with Crippen LogP contribution in [-0.4, -0.2) is 48.6 Å². The van der Waals surface area contributed by atoms with Crippen molar-refractivity contribution >= 4 is 22.8 Å². The van der Waals surface area contributed by atoms with Crippen LogP contribution in [0.15, 0.2) is 79.9 Å². The van der Waals surface area contributed by atoms with Gasteiger partial charge in [-0.25, -0.2) is 9.78 Å². The molecule has 1 heterocycles. The van der Waals surface area contributed by atoms with Gasteiger partial charge < -0.3 is 14.4 Å². The lowest BCUT2D eigenvalue weighted by Crippen LogP contribution is -2.35. The number of aromatic nitrogens is 1. The average molecular weight is 416 g/mol. The Kier molecular flexibility index (Phi) is 7.17. The summed E-state index contributed by atoms with van der Waals surface area (Å²) in [5, 5.41) is 0.659. The molecule has 0 saturated carbocycles. The molecule has 6 nitrogen and oxygen atoms in total. The Labute approximate surface area is 181 Å². The Morgan fingerprint density at radius 3 is 2.35 bits per heavy atom. The number of carbonyl (C=O) groups excluding carboxylic acids is 2. The smallest absolute Gasteiger partial charge is 0.339 e. The molecule has 0 aliphatic rings. The van der Waals surface area contributed by atoms with Crippen molar-refractivity contribution in [2.75, 3.05) is 26.8 Å². The lowest BCUT2D eigenvalue weighted by molar-refractivity contribution is -0.133. The first-order chi connectivity index (χ1) is 15.1. The summed E-state index contributed by atoms with van der Waals surface area (Å²) in [5.41, 5.74) is 2.47. The third-order valence-corrected chi connectivity index (χ3v) is 4.70. The lowest BCUT2D eigenvalue weighted by Gasteiger charge is -2.19. The number of hydrogen-bond acceptors (Lipinski definition) is 5. The SMILES string of the molecule is C=CCN(CC=C)C(=O)COC(=O)c1cc(-c2ccc(OC)cc2)nc2ccccc12. The van der Waals surface area contributed by atoms with E-state index in [1.165, 1.54) is 4.90 Å². The minimum absolute atomic E-state index is 0.318. The van der Waals surface area contributed by atoms with E-state index in [9.17, 15) is 9.59 Å². The highest BCUT2D eigenvalue weighted by Gasteiger charge is 2.18. The molecule has 0 saturated heterocycles. The van der Waals surface area contributed by atoms with Crippen molar-refractivity contribution in [3.63, 3.8) is 0 Å². The number of benzene rings is 2. The van der Waals surface area contributed by atoms with Crippen LogP contribution in [-0.2, 0) is 9.53 Å². The number of hydrogen-bond donors (Lipinski definition) is 0. The molecule has 3 aromatic rings. The van der Waals surface area contributed by atoms with Crippen molar-refractivity contribution in [2.24, 2.45) is 0 Å². The van der Waals surface area contributed by atoms with Gasteiger partial charge in [-0.15, -0.1) is 13.2 Å². The molecular formula is C25H24N2O4. The highest BCUT2D eigenvalue weighted by atomic mass is 16.5. The van der Waals surface area contributed by atoms with E-state index in [1.54, 1.807) is 31.4 Å². The van der Waals surface area contributed by atoms with Gasteiger partial charge in [0.05, 0.1) is 23.9 Å². The van der Waals surface area contributed by atoms with Gasteiger partial charge in [0.2, 0.25) is 0 Å². The van der Waals surface area contributed by atoms with Crippen LogP contribution in [0.25, 0.3) is 22.2 Å². The van der Waals surface area contributed by atoms with Gasteiger partial charge in [0.25, 0.3) is 5.91 Å². The molecule has 2 aromatic carbocycles. The van der Waals surface area contributed by atoms with Crippen LogP contribution in [0.5, 0.6) is 5.75 Å². The first-order valence-corrected chi connectivity index (χ1v) is 9.78. The van der Waals surface area contributed by atoms with Gasteiger partial charge >= 0.3 is 5.97 Å². The summed E-state index contributed by atoms with van der Waals surface area (Å²) >= 11 is 0. The average Bonchev–Trinajstić information content (AvgIpc) is 2.81. The predicted molar refractivity (Wildman–Crippen MR) is 121 cm³/mol.